The topological polar surface area (TPSA) is 81.4 Å². The van der Waals surface area contributed by atoms with Crippen molar-refractivity contribution in [3.05, 3.63) is 78.4 Å². The summed E-state index contributed by atoms with van der Waals surface area (Å²) in [5.41, 5.74) is 6.34. The number of amides is 2. The summed E-state index contributed by atoms with van der Waals surface area (Å²) in [6.45, 7) is -0.188. The van der Waals surface area contributed by atoms with Crippen LogP contribution in [-0.4, -0.2) is 24.5 Å². The highest BCUT2D eigenvalue weighted by Gasteiger charge is 2.19. The van der Waals surface area contributed by atoms with Gasteiger partial charge in [0.15, 0.2) is 6.61 Å². The number of ether oxygens (including phenoxy) is 1. The quantitative estimate of drug-likeness (QED) is 0.688. The molecule has 0 aromatic heterocycles. The van der Waals surface area contributed by atoms with E-state index < -0.39 is 17.9 Å². The van der Waals surface area contributed by atoms with E-state index in [1.54, 1.807) is 0 Å². The molecule has 2 amide bonds. The predicted octanol–water partition coefficient (Wildman–Crippen LogP) is 2.43. The number of benzene rings is 3. The lowest BCUT2D eigenvalue weighted by Crippen LogP contribution is -2.47. The first kappa shape index (κ1) is 17.5. The average molecular weight is 348 g/mol. The Kier molecular flexibility index (Phi) is 5.49. The number of nitrogens with one attached hydrogen (secondary N) is 1. The number of nitrogens with two attached hydrogens (primary N) is 1. The van der Waals surface area contributed by atoms with E-state index in [1.165, 1.54) is 0 Å². The lowest BCUT2D eigenvalue weighted by molar-refractivity contribution is -0.128. The van der Waals surface area contributed by atoms with Gasteiger partial charge in [0.2, 0.25) is 5.91 Å². The van der Waals surface area contributed by atoms with Crippen molar-refractivity contribution in [2.24, 2.45) is 5.73 Å². The molecule has 0 aliphatic heterocycles. The van der Waals surface area contributed by atoms with Crippen LogP contribution in [0.4, 0.5) is 0 Å². The number of hydrogen-bond donors (Lipinski definition) is 2. The minimum atomic E-state index is -0.777. The molecule has 1 unspecified atom stereocenters. The fourth-order valence-electron chi connectivity index (χ4n) is 2.77. The van der Waals surface area contributed by atoms with Gasteiger partial charge >= 0.3 is 0 Å². The summed E-state index contributed by atoms with van der Waals surface area (Å²) in [6, 6.07) is 22.1. The van der Waals surface area contributed by atoms with E-state index in [9.17, 15) is 9.59 Å². The second-order valence-corrected chi connectivity index (χ2v) is 5.98. The Bertz CT molecular complexity index is 904. The third kappa shape index (κ3) is 4.39. The molecule has 3 aromatic rings. The molecule has 0 aliphatic carbocycles. The Hall–Kier alpha value is -3.34. The summed E-state index contributed by atoms with van der Waals surface area (Å²) in [4.78, 5) is 23.9. The zero-order chi connectivity index (χ0) is 18.4. The summed E-state index contributed by atoms with van der Waals surface area (Å²) >= 11 is 0. The van der Waals surface area contributed by atoms with Crippen molar-refractivity contribution < 1.29 is 14.3 Å². The predicted molar refractivity (Wildman–Crippen MR) is 101 cm³/mol. The molecule has 5 nitrogen and oxygen atoms in total. The third-order valence-electron chi connectivity index (χ3n) is 4.07. The number of carbonyl (C=O) groups is 2. The first-order chi connectivity index (χ1) is 12.6. The van der Waals surface area contributed by atoms with E-state index >= 15 is 0 Å². The molecule has 0 radical (unpaired) electrons. The van der Waals surface area contributed by atoms with Crippen LogP contribution in [0.3, 0.4) is 0 Å². The minimum Gasteiger partial charge on any atom is -0.483 e. The Balaban J connectivity index is 1.62. The summed E-state index contributed by atoms with van der Waals surface area (Å²) < 4.78 is 5.65. The first-order valence-corrected chi connectivity index (χ1v) is 8.36. The van der Waals surface area contributed by atoms with Gasteiger partial charge in [0.05, 0.1) is 0 Å². The maximum Gasteiger partial charge on any atom is 0.258 e. The zero-order valence-corrected chi connectivity index (χ0v) is 14.2. The second kappa shape index (κ2) is 8.16. The highest BCUT2D eigenvalue weighted by molar-refractivity contribution is 5.89. The van der Waals surface area contributed by atoms with E-state index in [1.807, 2.05) is 72.8 Å². The maximum atomic E-state index is 12.2. The normalized spacial score (nSPS) is 11.7. The molecule has 1 atom stereocenters. The van der Waals surface area contributed by atoms with Crippen LogP contribution in [0.5, 0.6) is 5.75 Å². The van der Waals surface area contributed by atoms with E-state index in [2.05, 4.69) is 5.32 Å². The van der Waals surface area contributed by atoms with Gasteiger partial charge in [0.1, 0.15) is 11.8 Å². The van der Waals surface area contributed by atoms with Gasteiger partial charge in [0.25, 0.3) is 5.91 Å². The molecule has 0 bridgehead atoms. The van der Waals surface area contributed by atoms with Crippen LogP contribution in [0.15, 0.2) is 72.8 Å². The van der Waals surface area contributed by atoms with Gasteiger partial charge in [0, 0.05) is 11.8 Å². The zero-order valence-electron chi connectivity index (χ0n) is 14.2. The van der Waals surface area contributed by atoms with Crippen molar-refractivity contribution in [3.8, 4) is 5.75 Å². The van der Waals surface area contributed by atoms with Crippen LogP contribution >= 0.6 is 0 Å². The highest BCUT2D eigenvalue weighted by Crippen LogP contribution is 2.24. The van der Waals surface area contributed by atoms with Crippen LogP contribution in [0.1, 0.15) is 5.56 Å². The summed E-state index contributed by atoms with van der Waals surface area (Å²) in [5, 5.41) is 4.61. The molecule has 5 heteroatoms. The summed E-state index contributed by atoms with van der Waals surface area (Å²) in [7, 11) is 0. The molecule has 0 saturated carbocycles. The van der Waals surface area contributed by atoms with Crippen molar-refractivity contribution in [2.75, 3.05) is 6.61 Å². The molecule has 3 rings (SSSR count). The molecular formula is C21H20N2O3. The van der Waals surface area contributed by atoms with Crippen LogP contribution < -0.4 is 15.8 Å². The Morgan fingerprint density at radius 1 is 0.923 bits per heavy atom. The van der Waals surface area contributed by atoms with Crippen LogP contribution in [0, 0.1) is 0 Å². The SMILES string of the molecule is NC(=O)C(Cc1ccccc1)NC(=O)COc1cccc2ccccc12. The van der Waals surface area contributed by atoms with Crippen molar-refractivity contribution in [2.45, 2.75) is 12.5 Å². The fourth-order valence-corrected chi connectivity index (χ4v) is 2.77. The molecule has 0 heterocycles. The van der Waals surface area contributed by atoms with Gasteiger partial charge in [-0.2, -0.15) is 0 Å². The van der Waals surface area contributed by atoms with E-state index in [4.69, 9.17) is 10.5 Å². The van der Waals surface area contributed by atoms with Gasteiger partial charge in [-0.25, -0.2) is 0 Å². The average Bonchev–Trinajstić information content (AvgIpc) is 2.66. The third-order valence-corrected chi connectivity index (χ3v) is 4.07. The van der Waals surface area contributed by atoms with Gasteiger partial charge < -0.3 is 15.8 Å². The molecule has 0 aliphatic rings. The van der Waals surface area contributed by atoms with Crippen molar-refractivity contribution >= 4 is 22.6 Å². The van der Waals surface area contributed by atoms with E-state index in [0.29, 0.717) is 12.2 Å². The lowest BCUT2D eigenvalue weighted by atomic mass is 10.1. The molecule has 26 heavy (non-hydrogen) atoms. The lowest BCUT2D eigenvalue weighted by Gasteiger charge is -2.16. The molecule has 0 spiro atoms. The van der Waals surface area contributed by atoms with E-state index in [-0.39, 0.29) is 6.61 Å². The Morgan fingerprint density at radius 2 is 1.62 bits per heavy atom. The van der Waals surface area contributed by atoms with Gasteiger partial charge in [-0.1, -0.05) is 66.7 Å². The van der Waals surface area contributed by atoms with Crippen LogP contribution in [-0.2, 0) is 16.0 Å². The van der Waals surface area contributed by atoms with Crippen LogP contribution in [0.25, 0.3) is 10.8 Å². The van der Waals surface area contributed by atoms with Gasteiger partial charge in [-0.05, 0) is 17.0 Å². The van der Waals surface area contributed by atoms with Crippen molar-refractivity contribution in [1.82, 2.24) is 5.32 Å². The highest BCUT2D eigenvalue weighted by atomic mass is 16.5. The van der Waals surface area contributed by atoms with Gasteiger partial charge in [-0.15, -0.1) is 0 Å². The van der Waals surface area contributed by atoms with E-state index in [0.717, 1.165) is 16.3 Å². The minimum absolute atomic E-state index is 0.188. The standard InChI is InChI=1S/C21H20N2O3/c22-21(25)18(13-15-7-2-1-3-8-15)23-20(24)14-26-19-12-6-10-16-9-4-5-11-17(16)19/h1-12,18H,13-14H2,(H2,22,25)(H,23,24). The molecule has 3 N–H and O–H groups in total. The van der Waals surface area contributed by atoms with Crippen molar-refractivity contribution in [3.63, 3.8) is 0 Å². The smallest absolute Gasteiger partial charge is 0.258 e. The summed E-state index contributed by atoms with van der Waals surface area (Å²) in [5.74, 6) is -0.345. The monoisotopic (exact) mass is 348 g/mol. The van der Waals surface area contributed by atoms with Crippen LogP contribution in [0.2, 0.25) is 0 Å². The Morgan fingerprint density at radius 3 is 2.38 bits per heavy atom. The Labute approximate surface area is 151 Å². The van der Waals surface area contributed by atoms with Crippen molar-refractivity contribution in [1.29, 1.82) is 0 Å². The molecule has 3 aromatic carbocycles. The molecular weight excluding hydrogens is 328 g/mol. The number of carbonyl (C=O) groups excluding carboxylic acids is 2. The fraction of sp³-hybridized carbons (Fsp3) is 0.143. The van der Waals surface area contributed by atoms with Gasteiger partial charge in [-0.3, -0.25) is 9.59 Å². The largest absolute Gasteiger partial charge is 0.483 e. The number of hydrogen-bond acceptors (Lipinski definition) is 3. The maximum absolute atomic E-state index is 12.2. The molecule has 132 valence electrons. The summed E-state index contributed by atoms with van der Waals surface area (Å²) in [6.07, 6.45) is 0.343. The number of rotatable bonds is 7. The molecule has 0 saturated heterocycles. The first-order valence-electron chi connectivity index (χ1n) is 8.36. The second-order valence-electron chi connectivity index (χ2n) is 5.98. The molecule has 0 fully saturated rings. The number of primary amides is 1. The number of fused-ring (bicyclic) bond motifs is 1.